The van der Waals surface area contributed by atoms with Gasteiger partial charge in [-0.05, 0) is 18.1 Å². The molecule has 0 fully saturated rings. The van der Waals surface area contributed by atoms with E-state index in [2.05, 4.69) is 5.10 Å². The smallest absolute Gasteiger partial charge is 0.307 e. The first-order valence-corrected chi connectivity index (χ1v) is 5.52. The molecule has 2 aromatic rings. The molecule has 0 saturated carbocycles. The second-order valence-electron chi connectivity index (χ2n) is 3.86. The first kappa shape index (κ1) is 11.4. The Balaban J connectivity index is 2.29. The van der Waals surface area contributed by atoms with Crippen LogP contribution in [0, 0.1) is 0 Å². The van der Waals surface area contributed by atoms with Gasteiger partial charge in [0.25, 0.3) is 0 Å². The summed E-state index contributed by atoms with van der Waals surface area (Å²) >= 11 is 0. The molecule has 17 heavy (non-hydrogen) atoms. The van der Waals surface area contributed by atoms with Gasteiger partial charge in [-0.25, -0.2) is 0 Å². The molecule has 0 unspecified atom stereocenters. The predicted molar refractivity (Wildman–Crippen MR) is 64.7 cm³/mol. The monoisotopic (exact) mass is 230 g/mol. The second-order valence-corrected chi connectivity index (χ2v) is 3.86. The van der Waals surface area contributed by atoms with Crippen molar-refractivity contribution in [1.82, 2.24) is 9.78 Å². The Hall–Kier alpha value is -2.10. The summed E-state index contributed by atoms with van der Waals surface area (Å²) in [7, 11) is 0. The van der Waals surface area contributed by atoms with E-state index < -0.39 is 5.97 Å². The van der Waals surface area contributed by atoms with Crippen LogP contribution >= 0.6 is 0 Å². The van der Waals surface area contributed by atoms with Gasteiger partial charge >= 0.3 is 5.97 Å². The van der Waals surface area contributed by atoms with Crippen molar-refractivity contribution in [3.05, 3.63) is 42.2 Å². The van der Waals surface area contributed by atoms with Crippen molar-refractivity contribution in [3.63, 3.8) is 0 Å². The Kier molecular flexibility index (Phi) is 3.23. The highest BCUT2D eigenvalue weighted by Gasteiger charge is 2.04. The fraction of sp³-hybridized carbons (Fsp3) is 0.231. The van der Waals surface area contributed by atoms with Gasteiger partial charge in [-0.15, -0.1) is 0 Å². The van der Waals surface area contributed by atoms with Gasteiger partial charge in [-0.2, -0.15) is 5.10 Å². The number of rotatable bonds is 4. The van der Waals surface area contributed by atoms with Crippen molar-refractivity contribution in [2.24, 2.45) is 0 Å². The summed E-state index contributed by atoms with van der Waals surface area (Å²) in [5.74, 6) is -0.814. The van der Waals surface area contributed by atoms with Crippen LogP contribution in [0.2, 0.25) is 0 Å². The normalized spacial score (nSPS) is 10.4. The number of hydrogen-bond donors (Lipinski definition) is 1. The quantitative estimate of drug-likeness (QED) is 0.876. The molecule has 1 aromatic carbocycles. The Morgan fingerprint density at radius 1 is 1.41 bits per heavy atom. The maximum atomic E-state index is 10.7. The van der Waals surface area contributed by atoms with Crippen LogP contribution in [0.5, 0.6) is 0 Å². The summed E-state index contributed by atoms with van der Waals surface area (Å²) in [6.07, 6.45) is 3.80. The van der Waals surface area contributed by atoms with E-state index in [1.807, 2.05) is 42.1 Å². The van der Waals surface area contributed by atoms with Crippen molar-refractivity contribution < 1.29 is 9.90 Å². The van der Waals surface area contributed by atoms with E-state index >= 15 is 0 Å². The average Bonchev–Trinajstić information content (AvgIpc) is 2.77. The number of aryl methyl sites for hydroxylation is 1. The lowest BCUT2D eigenvalue weighted by molar-refractivity contribution is -0.136. The first-order chi connectivity index (χ1) is 8.19. The van der Waals surface area contributed by atoms with Crippen molar-refractivity contribution >= 4 is 5.97 Å². The zero-order valence-electron chi connectivity index (χ0n) is 9.63. The van der Waals surface area contributed by atoms with Crippen LogP contribution in [-0.4, -0.2) is 20.9 Å². The molecule has 0 spiro atoms. The van der Waals surface area contributed by atoms with E-state index in [9.17, 15) is 4.79 Å². The molecule has 0 saturated heterocycles. The molecule has 0 aliphatic rings. The molecule has 1 aromatic heterocycles. The molecule has 0 aliphatic carbocycles. The number of hydrogen-bond acceptors (Lipinski definition) is 2. The highest BCUT2D eigenvalue weighted by atomic mass is 16.4. The van der Waals surface area contributed by atoms with Crippen LogP contribution < -0.4 is 0 Å². The Labute approximate surface area is 99.5 Å². The molecular weight excluding hydrogens is 216 g/mol. The first-order valence-electron chi connectivity index (χ1n) is 5.52. The van der Waals surface area contributed by atoms with E-state index in [4.69, 9.17) is 5.11 Å². The summed E-state index contributed by atoms with van der Waals surface area (Å²) < 4.78 is 1.85. The third kappa shape index (κ3) is 2.72. The van der Waals surface area contributed by atoms with Gasteiger partial charge in [-0.1, -0.05) is 24.3 Å². The zero-order valence-corrected chi connectivity index (χ0v) is 9.63. The Morgan fingerprint density at radius 3 is 2.88 bits per heavy atom. The lowest BCUT2D eigenvalue weighted by Crippen LogP contribution is -1.99. The molecule has 0 atom stereocenters. The van der Waals surface area contributed by atoms with Crippen LogP contribution in [0.15, 0.2) is 36.7 Å². The number of aliphatic carboxylic acids is 1. The summed E-state index contributed by atoms with van der Waals surface area (Å²) in [5.41, 5.74) is 2.82. The van der Waals surface area contributed by atoms with Crippen LogP contribution in [-0.2, 0) is 17.8 Å². The summed E-state index contributed by atoms with van der Waals surface area (Å²) in [6.45, 7) is 2.85. The van der Waals surface area contributed by atoms with Gasteiger partial charge in [0.05, 0.1) is 12.6 Å². The minimum absolute atomic E-state index is 0.0513. The van der Waals surface area contributed by atoms with Gasteiger partial charge in [0.15, 0.2) is 0 Å². The minimum atomic E-state index is -0.814. The van der Waals surface area contributed by atoms with Crippen molar-refractivity contribution in [1.29, 1.82) is 0 Å². The van der Waals surface area contributed by atoms with Gasteiger partial charge < -0.3 is 5.11 Å². The van der Waals surface area contributed by atoms with Gasteiger partial charge in [0.2, 0.25) is 0 Å². The molecule has 1 heterocycles. The Morgan fingerprint density at radius 2 is 2.24 bits per heavy atom. The van der Waals surface area contributed by atoms with Crippen molar-refractivity contribution in [2.45, 2.75) is 19.9 Å². The third-order valence-corrected chi connectivity index (χ3v) is 2.57. The van der Waals surface area contributed by atoms with Crippen LogP contribution in [0.25, 0.3) is 11.1 Å². The number of benzene rings is 1. The zero-order chi connectivity index (χ0) is 12.3. The summed E-state index contributed by atoms with van der Waals surface area (Å²) in [5, 5.41) is 13.0. The largest absolute Gasteiger partial charge is 0.481 e. The third-order valence-electron chi connectivity index (χ3n) is 2.57. The molecule has 0 bridgehead atoms. The molecule has 88 valence electrons. The van der Waals surface area contributed by atoms with E-state index in [1.54, 1.807) is 6.20 Å². The molecule has 0 aliphatic heterocycles. The van der Waals surface area contributed by atoms with Crippen LogP contribution in [0.4, 0.5) is 0 Å². The second kappa shape index (κ2) is 4.82. The summed E-state index contributed by atoms with van der Waals surface area (Å²) in [4.78, 5) is 10.7. The van der Waals surface area contributed by atoms with E-state index in [0.717, 1.165) is 23.2 Å². The van der Waals surface area contributed by atoms with Crippen LogP contribution in [0.3, 0.4) is 0 Å². The maximum absolute atomic E-state index is 10.7. The maximum Gasteiger partial charge on any atom is 0.307 e. The van der Waals surface area contributed by atoms with Gasteiger partial charge in [0, 0.05) is 18.3 Å². The molecule has 4 heteroatoms. The van der Waals surface area contributed by atoms with Crippen molar-refractivity contribution in [3.8, 4) is 11.1 Å². The number of carboxylic acid groups (broad SMARTS) is 1. The van der Waals surface area contributed by atoms with E-state index in [1.165, 1.54) is 0 Å². The van der Waals surface area contributed by atoms with Gasteiger partial charge in [-0.3, -0.25) is 9.48 Å². The molecule has 0 amide bonds. The number of nitrogens with zero attached hydrogens (tertiary/aromatic N) is 2. The average molecular weight is 230 g/mol. The van der Waals surface area contributed by atoms with Crippen molar-refractivity contribution in [2.75, 3.05) is 0 Å². The lowest BCUT2D eigenvalue weighted by Gasteiger charge is -2.01. The molecule has 0 radical (unpaired) electrons. The molecule has 1 N–H and O–H groups in total. The highest BCUT2D eigenvalue weighted by Crippen LogP contribution is 2.20. The van der Waals surface area contributed by atoms with E-state index in [-0.39, 0.29) is 6.42 Å². The number of carboxylic acids is 1. The number of aromatic nitrogens is 2. The topological polar surface area (TPSA) is 55.1 Å². The standard InChI is InChI=1S/C13H14N2O2/c1-2-15-9-12(8-14-15)11-5-3-4-10(6-11)7-13(16)17/h3-6,8-9H,2,7H2,1H3,(H,16,17). The predicted octanol–water partition coefficient (Wildman–Crippen LogP) is 2.20. The lowest BCUT2D eigenvalue weighted by atomic mass is 10.0. The fourth-order valence-corrected chi connectivity index (χ4v) is 1.72. The fourth-order valence-electron chi connectivity index (χ4n) is 1.72. The molecular formula is C13H14N2O2. The highest BCUT2D eigenvalue weighted by molar-refractivity contribution is 5.71. The number of carbonyl (C=O) groups is 1. The van der Waals surface area contributed by atoms with Gasteiger partial charge in [0.1, 0.15) is 0 Å². The summed E-state index contributed by atoms with van der Waals surface area (Å²) in [6, 6.07) is 7.55. The molecule has 4 nitrogen and oxygen atoms in total. The Bertz CT molecular complexity index is 532. The SMILES string of the molecule is CCn1cc(-c2cccc(CC(=O)O)c2)cn1. The minimum Gasteiger partial charge on any atom is -0.481 e. The molecule has 2 rings (SSSR count). The van der Waals surface area contributed by atoms with Crippen LogP contribution in [0.1, 0.15) is 12.5 Å². The van der Waals surface area contributed by atoms with E-state index in [0.29, 0.717) is 0 Å².